The SMILES string of the molecule is CC(C#N)N1CC[C@@H](N)C1. The molecule has 0 bridgehead atoms. The van der Waals surface area contributed by atoms with Gasteiger partial charge in [-0.1, -0.05) is 0 Å². The van der Waals surface area contributed by atoms with Crippen LogP contribution >= 0.6 is 0 Å². The van der Waals surface area contributed by atoms with Crippen molar-refractivity contribution in [2.45, 2.75) is 25.4 Å². The van der Waals surface area contributed by atoms with Crippen molar-refractivity contribution in [1.82, 2.24) is 4.90 Å². The van der Waals surface area contributed by atoms with Gasteiger partial charge < -0.3 is 5.73 Å². The number of hydrogen-bond acceptors (Lipinski definition) is 3. The number of nitrogens with two attached hydrogens (primary N) is 1. The van der Waals surface area contributed by atoms with Crippen LogP contribution in [0.2, 0.25) is 0 Å². The molecule has 0 aromatic carbocycles. The Balaban J connectivity index is 2.39. The van der Waals surface area contributed by atoms with Crippen molar-refractivity contribution < 1.29 is 0 Å². The fraction of sp³-hybridized carbons (Fsp3) is 0.857. The van der Waals surface area contributed by atoms with Gasteiger partial charge in [-0.15, -0.1) is 0 Å². The fourth-order valence-corrected chi connectivity index (χ4v) is 1.25. The van der Waals surface area contributed by atoms with Gasteiger partial charge in [0.05, 0.1) is 12.1 Å². The van der Waals surface area contributed by atoms with Gasteiger partial charge in [-0.05, 0) is 13.3 Å². The molecule has 0 saturated carbocycles. The van der Waals surface area contributed by atoms with Crippen LogP contribution in [0.15, 0.2) is 0 Å². The summed E-state index contributed by atoms with van der Waals surface area (Å²) in [4.78, 5) is 2.12. The van der Waals surface area contributed by atoms with E-state index in [0.29, 0.717) is 0 Å². The van der Waals surface area contributed by atoms with Crippen molar-refractivity contribution in [3.63, 3.8) is 0 Å². The largest absolute Gasteiger partial charge is 0.326 e. The number of nitriles is 1. The standard InChI is InChI=1S/C7H13N3/c1-6(4-8)10-3-2-7(9)5-10/h6-7H,2-3,5,9H2,1H3/t6?,7-/m1/s1. The van der Waals surface area contributed by atoms with Gasteiger partial charge in [0.15, 0.2) is 0 Å². The first kappa shape index (κ1) is 7.52. The fourth-order valence-electron chi connectivity index (χ4n) is 1.25. The third kappa shape index (κ3) is 1.47. The van der Waals surface area contributed by atoms with Crippen LogP contribution in [-0.4, -0.2) is 30.1 Å². The Kier molecular flexibility index (Phi) is 2.25. The average molecular weight is 139 g/mol. The second-order valence-electron chi connectivity index (χ2n) is 2.85. The van der Waals surface area contributed by atoms with Crippen molar-refractivity contribution in [3.8, 4) is 6.07 Å². The molecule has 2 N–H and O–H groups in total. The lowest BCUT2D eigenvalue weighted by Crippen LogP contribution is -2.32. The highest BCUT2D eigenvalue weighted by atomic mass is 15.2. The molecule has 1 rings (SSSR count). The van der Waals surface area contributed by atoms with Gasteiger partial charge in [0.2, 0.25) is 0 Å². The highest BCUT2D eigenvalue weighted by molar-refractivity contribution is 4.92. The van der Waals surface area contributed by atoms with E-state index < -0.39 is 0 Å². The molecule has 1 unspecified atom stereocenters. The van der Waals surface area contributed by atoms with Crippen LogP contribution in [0.3, 0.4) is 0 Å². The number of nitrogens with zero attached hydrogens (tertiary/aromatic N) is 2. The highest BCUT2D eigenvalue weighted by Gasteiger charge is 2.22. The van der Waals surface area contributed by atoms with Crippen LogP contribution in [0, 0.1) is 11.3 Å². The van der Waals surface area contributed by atoms with E-state index in [4.69, 9.17) is 11.0 Å². The Hall–Kier alpha value is -0.590. The first-order valence-electron chi connectivity index (χ1n) is 3.63. The normalized spacial score (nSPS) is 29.9. The van der Waals surface area contributed by atoms with Crippen LogP contribution in [0.1, 0.15) is 13.3 Å². The van der Waals surface area contributed by atoms with Crippen molar-refractivity contribution >= 4 is 0 Å². The highest BCUT2D eigenvalue weighted by Crippen LogP contribution is 2.09. The summed E-state index contributed by atoms with van der Waals surface area (Å²) in [5, 5.41) is 8.55. The Morgan fingerprint density at radius 2 is 2.50 bits per heavy atom. The van der Waals surface area contributed by atoms with E-state index in [1.165, 1.54) is 0 Å². The minimum Gasteiger partial charge on any atom is -0.326 e. The second kappa shape index (κ2) is 3.00. The molecule has 1 aliphatic heterocycles. The van der Waals surface area contributed by atoms with Crippen LogP contribution in [0.4, 0.5) is 0 Å². The molecular formula is C7H13N3. The minimum atomic E-state index is 0.0357. The van der Waals surface area contributed by atoms with E-state index in [1.54, 1.807) is 0 Å². The second-order valence-corrected chi connectivity index (χ2v) is 2.85. The Bertz CT molecular complexity index is 149. The first-order chi connectivity index (χ1) is 4.74. The molecule has 0 aliphatic carbocycles. The summed E-state index contributed by atoms with van der Waals surface area (Å²) in [6, 6.07) is 2.52. The predicted molar refractivity (Wildman–Crippen MR) is 39.2 cm³/mol. The zero-order valence-electron chi connectivity index (χ0n) is 6.25. The Morgan fingerprint density at radius 1 is 1.80 bits per heavy atom. The molecule has 1 fully saturated rings. The smallest absolute Gasteiger partial charge is 0.0949 e. The number of likely N-dealkylation sites (tertiary alicyclic amines) is 1. The van der Waals surface area contributed by atoms with Crippen LogP contribution < -0.4 is 5.73 Å². The predicted octanol–water partition coefficient (Wildman–Crippen LogP) is -0.0685. The zero-order valence-corrected chi connectivity index (χ0v) is 6.25. The molecule has 0 aromatic heterocycles. The third-order valence-electron chi connectivity index (χ3n) is 1.99. The van der Waals surface area contributed by atoms with Gasteiger partial charge >= 0.3 is 0 Å². The lowest BCUT2D eigenvalue weighted by atomic mass is 10.3. The molecule has 10 heavy (non-hydrogen) atoms. The van der Waals surface area contributed by atoms with E-state index in [1.807, 2.05) is 6.92 Å². The molecule has 3 nitrogen and oxygen atoms in total. The van der Waals surface area contributed by atoms with Gasteiger partial charge in [0.25, 0.3) is 0 Å². The maximum atomic E-state index is 8.55. The summed E-state index contributed by atoms with van der Waals surface area (Å²) in [6.45, 7) is 3.78. The zero-order chi connectivity index (χ0) is 7.56. The molecule has 0 amide bonds. The molecule has 2 atom stereocenters. The minimum absolute atomic E-state index is 0.0357. The molecule has 0 aromatic rings. The molecule has 3 heteroatoms. The van der Waals surface area contributed by atoms with Crippen LogP contribution in [0.25, 0.3) is 0 Å². The van der Waals surface area contributed by atoms with Gasteiger partial charge in [0, 0.05) is 19.1 Å². The lowest BCUT2D eigenvalue weighted by Gasteiger charge is -2.16. The summed E-state index contributed by atoms with van der Waals surface area (Å²) in [6.07, 6.45) is 1.03. The lowest BCUT2D eigenvalue weighted by molar-refractivity contribution is 0.302. The quantitative estimate of drug-likeness (QED) is 0.553. The van der Waals surface area contributed by atoms with Gasteiger partial charge in [-0.2, -0.15) is 5.26 Å². The molecule has 1 aliphatic rings. The summed E-state index contributed by atoms with van der Waals surface area (Å²) in [5.74, 6) is 0. The maximum Gasteiger partial charge on any atom is 0.0949 e. The summed E-state index contributed by atoms with van der Waals surface area (Å²) < 4.78 is 0. The maximum absolute atomic E-state index is 8.55. The molecule has 1 heterocycles. The Labute approximate surface area is 61.4 Å². The molecule has 1 saturated heterocycles. The van der Waals surface area contributed by atoms with Gasteiger partial charge in [-0.3, -0.25) is 4.90 Å². The average Bonchev–Trinajstić information content (AvgIpc) is 2.34. The van der Waals surface area contributed by atoms with Crippen LogP contribution in [0.5, 0.6) is 0 Å². The summed E-state index contributed by atoms with van der Waals surface area (Å²) in [5.41, 5.74) is 5.67. The topological polar surface area (TPSA) is 53.0 Å². The van der Waals surface area contributed by atoms with E-state index in [0.717, 1.165) is 19.5 Å². The number of hydrogen-bond donors (Lipinski definition) is 1. The number of rotatable bonds is 1. The summed E-state index contributed by atoms with van der Waals surface area (Å²) >= 11 is 0. The monoisotopic (exact) mass is 139 g/mol. The van der Waals surface area contributed by atoms with E-state index in [2.05, 4.69) is 11.0 Å². The van der Waals surface area contributed by atoms with Gasteiger partial charge in [0.1, 0.15) is 0 Å². The summed E-state index contributed by atoms with van der Waals surface area (Å²) in [7, 11) is 0. The van der Waals surface area contributed by atoms with Crippen molar-refractivity contribution in [3.05, 3.63) is 0 Å². The van der Waals surface area contributed by atoms with Crippen molar-refractivity contribution in [1.29, 1.82) is 5.26 Å². The van der Waals surface area contributed by atoms with Gasteiger partial charge in [-0.25, -0.2) is 0 Å². The Morgan fingerprint density at radius 3 is 2.90 bits per heavy atom. The molecule has 0 spiro atoms. The van der Waals surface area contributed by atoms with Crippen molar-refractivity contribution in [2.75, 3.05) is 13.1 Å². The van der Waals surface area contributed by atoms with E-state index >= 15 is 0 Å². The third-order valence-corrected chi connectivity index (χ3v) is 1.99. The van der Waals surface area contributed by atoms with Crippen LogP contribution in [-0.2, 0) is 0 Å². The molecule has 56 valence electrons. The van der Waals surface area contributed by atoms with E-state index in [-0.39, 0.29) is 12.1 Å². The molecule has 0 radical (unpaired) electrons. The first-order valence-corrected chi connectivity index (χ1v) is 3.63. The van der Waals surface area contributed by atoms with E-state index in [9.17, 15) is 0 Å². The van der Waals surface area contributed by atoms with Crippen molar-refractivity contribution in [2.24, 2.45) is 5.73 Å². The molecular weight excluding hydrogens is 126 g/mol.